The van der Waals surface area contributed by atoms with Crippen molar-refractivity contribution in [3.05, 3.63) is 275 Å². The van der Waals surface area contributed by atoms with E-state index in [0.29, 0.717) is 11.4 Å². The molecule has 0 heterocycles. The minimum absolute atomic E-state index is 0.0950. The van der Waals surface area contributed by atoms with E-state index in [1.165, 1.54) is 55.6 Å². The Labute approximate surface area is 412 Å². The number of hydrogen-bond donors (Lipinski definition) is 0. The Bertz CT molecular complexity index is 4020. The molecule has 0 aliphatic heterocycles. The van der Waals surface area contributed by atoms with Crippen molar-refractivity contribution in [2.45, 2.75) is 43.9 Å². The lowest BCUT2D eigenvalue weighted by molar-refractivity contribution is 0.660. The van der Waals surface area contributed by atoms with E-state index in [1.807, 2.05) is 41.3 Å². The number of nitrogens with zero attached hydrogens (tertiary/aromatic N) is 2. The van der Waals surface area contributed by atoms with Crippen LogP contribution in [-0.4, -0.2) is 0 Å². The SMILES string of the molecule is [2H]c1c([2H])c([2H])c(N(c2ccccc2)c2ccc3c(c2)C2(c4ccccc4-c4ccc(N(c5ccc6c(c5)C(C)(C)c5ccccc5-6)c5cccc6c5-c5ccccc5C6(C)C)cc42)c2ccccc2-3)c([2H])c1[2H]. The summed E-state index contributed by atoms with van der Waals surface area (Å²) in [6, 6.07) is 70.6. The lowest BCUT2D eigenvalue weighted by atomic mass is 9.70. The first kappa shape index (κ1) is 35.0. The number of hydrogen-bond acceptors (Lipinski definition) is 2. The molecule has 1 unspecified atom stereocenters. The molecule has 1 atom stereocenters. The van der Waals surface area contributed by atoms with E-state index in [4.69, 9.17) is 4.11 Å². The molecule has 10 aromatic rings. The van der Waals surface area contributed by atoms with Gasteiger partial charge in [-0.25, -0.2) is 0 Å². The van der Waals surface area contributed by atoms with Gasteiger partial charge in [0.15, 0.2) is 0 Å². The molecule has 0 aromatic heterocycles. The van der Waals surface area contributed by atoms with Gasteiger partial charge >= 0.3 is 0 Å². The van der Waals surface area contributed by atoms with Crippen molar-refractivity contribution in [1.82, 2.24) is 0 Å². The second-order valence-corrected chi connectivity index (χ2v) is 20.1. The van der Waals surface area contributed by atoms with Crippen molar-refractivity contribution in [3.63, 3.8) is 0 Å². The molecule has 0 saturated carbocycles. The molecule has 10 aromatic carbocycles. The molecular weight excluding hydrogens is 833 g/mol. The van der Waals surface area contributed by atoms with Crippen molar-refractivity contribution >= 4 is 34.1 Å². The van der Waals surface area contributed by atoms with Gasteiger partial charge in [0.2, 0.25) is 0 Å². The van der Waals surface area contributed by atoms with Crippen molar-refractivity contribution in [2.24, 2.45) is 0 Å². The van der Waals surface area contributed by atoms with Crippen LogP contribution >= 0.6 is 0 Å². The molecule has 0 radical (unpaired) electrons. The fourth-order valence-corrected chi connectivity index (χ4v) is 12.9. The number of rotatable bonds is 6. The van der Waals surface area contributed by atoms with E-state index < -0.39 is 11.5 Å². The third-order valence-corrected chi connectivity index (χ3v) is 15.9. The van der Waals surface area contributed by atoms with Crippen LogP contribution in [0, 0.1) is 0 Å². The van der Waals surface area contributed by atoms with E-state index in [2.05, 4.69) is 196 Å². The molecule has 0 fully saturated rings. The number of benzene rings is 10. The monoisotopic (exact) mass is 887 g/mol. The maximum Gasteiger partial charge on any atom is 0.0727 e. The summed E-state index contributed by atoms with van der Waals surface area (Å²) >= 11 is 0. The van der Waals surface area contributed by atoms with Gasteiger partial charge in [0.1, 0.15) is 0 Å². The van der Waals surface area contributed by atoms with Gasteiger partial charge in [0.25, 0.3) is 0 Å². The Balaban J connectivity index is 1.05. The second-order valence-electron chi connectivity index (χ2n) is 20.1. The lowest BCUT2D eigenvalue weighted by Gasteiger charge is -2.34. The summed E-state index contributed by atoms with van der Waals surface area (Å²) < 4.78 is 44.6. The average molecular weight is 888 g/mol. The third-order valence-electron chi connectivity index (χ3n) is 15.9. The highest BCUT2D eigenvalue weighted by molar-refractivity contribution is 6.00. The van der Waals surface area contributed by atoms with Crippen molar-refractivity contribution in [1.29, 1.82) is 0 Å². The van der Waals surface area contributed by atoms with E-state index in [0.717, 1.165) is 50.4 Å². The molecule has 0 N–H and O–H groups in total. The van der Waals surface area contributed by atoms with E-state index in [1.54, 1.807) is 0 Å². The molecule has 0 saturated heterocycles. The van der Waals surface area contributed by atoms with Gasteiger partial charge in [-0.15, -0.1) is 0 Å². The minimum atomic E-state index is -0.799. The van der Waals surface area contributed by atoms with Crippen LogP contribution in [0.5, 0.6) is 0 Å². The highest BCUT2D eigenvalue weighted by atomic mass is 15.2. The Kier molecular flexibility index (Phi) is 7.31. The molecule has 2 nitrogen and oxygen atoms in total. The molecule has 4 aliphatic carbocycles. The Morgan fingerprint density at radius 3 is 1.32 bits per heavy atom. The topological polar surface area (TPSA) is 6.48 Å². The van der Waals surface area contributed by atoms with Gasteiger partial charge in [-0.2, -0.15) is 0 Å². The molecule has 1 spiro atoms. The fraction of sp³-hybridized carbons (Fsp3) is 0.104. The smallest absolute Gasteiger partial charge is 0.0727 e. The van der Waals surface area contributed by atoms with Crippen LogP contribution in [0.2, 0.25) is 0 Å². The van der Waals surface area contributed by atoms with Crippen LogP contribution in [0.25, 0.3) is 44.5 Å². The van der Waals surface area contributed by atoms with Gasteiger partial charge in [-0.1, -0.05) is 191 Å². The average Bonchev–Trinajstić information content (AvgIpc) is 4.10. The van der Waals surface area contributed by atoms with Gasteiger partial charge in [0, 0.05) is 44.8 Å². The zero-order chi connectivity index (χ0) is 50.6. The predicted octanol–water partition coefficient (Wildman–Crippen LogP) is 17.6. The summed E-state index contributed by atoms with van der Waals surface area (Å²) in [5.74, 6) is 0. The first-order chi connectivity index (χ1) is 35.8. The summed E-state index contributed by atoms with van der Waals surface area (Å²) in [7, 11) is 0. The highest BCUT2D eigenvalue weighted by Gasteiger charge is 2.52. The van der Waals surface area contributed by atoms with Crippen LogP contribution in [-0.2, 0) is 16.2 Å². The quantitative estimate of drug-likeness (QED) is 0.164. The third kappa shape index (κ3) is 5.37. The Morgan fingerprint density at radius 2 is 0.725 bits per heavy atom. The summed E-state index contributed by atoms with van der Waals surface area (Å²) in [6.45, 7) is 9.39. The van der Waals surface area contributed by atoms with Gasteiger partial charge in [-0.05, 0) is 150 Å². The summed E-state index contributed by atoms with van der Waals surface area (Å²) in [4.78, 5) is 4.33. The van der Waals surface area contributed by atoms with Crippen LogP contribution in [0.1, 0.15) is 79.1 Å². The van der Waals surface area contributed by atoms with E-state index >= 15 is 0 Å². The minimum Gasteiger partial charge on any atom is -0.310 e. The molecule has 0 bridgehead atoms. The highest BCUT2D eigenvalue weighted by Crippen LogP contribution is 2.65. The zero-order valence-corrected chi connectivity index (χ0v) is 38.9. The van der Waals surface area contributed by atoms with E-state index in [9.17, 15) is 2.74 Å². The molecule has 2 heteroatoms. The molecule has 328 valence electrons. The predicted molar refractivity (Wildman–Crippen MR) is 287 cm³/mol. The lowest BCUT2D eigenvalue weighted by Crippen LogP contribution is -2.26. The number of anilines is 6. The summed E-state index contributed by atoms with van der Waals surface area (Å²) in [5.41, 5.74) is 22.9. The number of para-hydroxylation sites is 2. The molecule has 14 rings (SSSR count). The first-order valence-corrected chi connectivity index (χ1v) is 24.0. The number of fused-ring (bicyclic) bond motifs is 16. The van der Waals surface area contributed by atoms with Crippen molar-refractivity contribution in [3.8, 4) is 44.5 Å². The molecule has 69 heavy (non-hydrogen) atoms. The maximum absolute atomic E-state index is 9.27. The maximum atomic E-state index is 9.27. The van der Waals surface area contributed by atoms with Crippen molar-refractivity contribution < 1.29 is 6.85 Å². The molecule has 0 amide bonds. The van der Waals surface area contributed by atoms with Gasteiger partial charge in [-0.3, -0.25) is 0 Å². The molecule has 4 aliphatic rings. The zero-order valence-electron chi connectivity index (χ0n) is 43.9. The first-order valence-electron chi connectivity index (χ1n) is 26.5. The summed E-state index contributed by atoms with van der Waals surface area (Å²) in [6.07, 6.45) is 0. The van der Waals surface area contributed by atoms with Gasteiger partial charge < -0.3 is 9.80 Å². The van der Waals surface area contributed by atoms with E-state index in [-0.39, 0.29) is 40.7 Å². The van der Waals surface area contributed by atoms with Crippen molar-refractivity contribution in [2.75, 3.05) is 9.80 Å². The fourth-order valence-electron chi connectivity index (χ4n) is 12.9. The van der Waals surface area contributed by atoms with Gasteiger partial charge in [0.05, 0.1) is 18.0 Å². The van der Waals surface area contributed by atoms with Crippen LogP contribution < -0.4 is 9.80 Å². The Hall–Kier alpha value is -8.20. The normalized spacial score (nSPS) is 17.4. The Morgan fingerprint density at radius 1 is 0.304 bits per heavy atom. The second kappa shape index (κ2) is 14.4. The van der Waals surface area contributed by atoms with Crippen LogP contribution in [0.15, 0.2) is 230 Å². The van der Waals surface area contributed by atoms with Crippen LogP contribution in [0.4, 0.5) is 34.1 Å². The van der Waals surface area contributed by atoms with Crippen LogP contribution in [0.3, 0.4) is 0 Å². The standard InChI is InChI=1S/C67H50N2/c1-65(2)56-29-16-14-27-54(56)64-59(65)32-19-33-63(64)69(46-35-37-51-48-24-11-15-28-55(48)66(3,4)60(51)40-46)47-36-39-53-50-26-13-18-31-58(50)67(62(53)42-47)57-30-17-12-25-49(57)52-38-34-45(41-61(52)67)68(43-20-7-5-8-21-43)44-22-9-6-10-23-44/h5-42H,1-4H3/i5D,7D,8D,20D,21D. The largest absolute Gasteiger partial charge is 0.310 e. The molecular formula is C67H50N2. The summed E-state index contributed by atoms with van der Waals surface area (Å²) in [5, 5.41) is 0.